The van der Waals surface area contributed by atoms with Gasteiger partial charge in [0.15, 0.2) is 21.8 Å². The molecule has 0 aliphatic rings. The summed E-state index contributed by atoms with van der Waals surface area (Å²) in [6, 6.07) is 0. The highest BCUT2D eigenvalue weighted by atomic mass is 35.5. The summed E-state index contributed by atoms with van der Waals surface area (Å²) in [6.45, 7) is 0.930. The Hall–Kier alpha value is -1.41. The van der Waals surface area contributed by atoms with E-state index in [-0.39, 0.29) is 0 Å². The van der Waals surface area contributed by atoms with Crippen molar-refractivity contribution in [2.45, 2.75) is 6.92 Å². The second kappa shape index (κ2) is 4.84. The number of nitrogens with zero attached hydrogens (tertiary/aromatic N) is 1. The summed E-state index contributed by atoms with van der Waals surface area (Å²) in [5, 5.41) is 12.5. The van der Waals surface area contributed by atoms with Crippen LogP contribution < -0.4 is 5.32 Å². The van der Waals surface area contributed by atoms with Crippen molar-refractivity contribution >= 4 is 39.6 Å². The van der Waals surface area contributed by atoms with Gasteiger partial charge < -0.3 is 5.32 Å². The highest BCUT2D eigenvalue weighted by Crippen LogP contribution is 2.35. The van der Waals surface area contributed by atoms with Crippen LogP contribution in [0.4, 0.5) is 24.5 Å². The molecule has 92 valence electrons. The molecule has 4 nitrogen and oxygen atoms in total. The van der Waals surface area contributed by atoms with E-state index >= 15 is 0 Å². The summed E-state index contributed by atoms with van der Waals surface area (Å²) < 4.78 is 39.4. The highest BCUT2D eigenvalue weighted by molar-refractivity contribution is 7.83. The van der Waals surface area contributed by atoms with Crippen molar-refractivity contribution in [2.24, 2.45) is 0 Å². The van der Waals surface area contributed by atoms with Crippen LogP contribution in [0.1, 0.15) is 5.56 Å². The van der Waals surface area contributed by atoms with E-state index in [2.05, 4.69) is 12.2 Å². The van der Waals surface area contributed by atoms with Crippen LogP contribution in [0.25, 0.3) is 0 Å². The first kappa shape index (κ1) is 13.7. The van der Waals surface area contributed by atoms with Crippen LogP contribution in [-0.2, 0) is 0 Å². The van der Waals surface area contributed by atoms with Crippen molar-refractivity contribution in [1.82, 2.24) is 0 Å². The van der Waals surface area contributed by atoms with Gasteiger partial charge in [0.25, 0.3) is 0 Å². The lowest BCUT2D eigenvalue weighted by Gasteiger charge is -2.09. The third-order valence-electron chi connectivity index (χ3n) is 1.92. The average Bonchev–Trinajstić information content (AvgIpc) is 2.22. The van der Waals surface area contributed by atoms with Gasteiger partial charge in [-0.2, -0.15) is 4.39 Å². The van der Waals surface area contributed by atoms with Crippen LogP contribution >= 0.6 is 23.8 Å². The Kier molecular flexibility index (Phi) is 3.89. The minimum absolute atomic E-state index is 0.530. The van der Waals surface area contributed by atoms with E-state index in [4.69, 9.17) is 11.6 Å². The summed E-state index contributed by atoms with van der Waals surface area (Å²) in [5.41, 5.74) is -2.98. The summed E-state index contributed by atoms with van der Waals surface area (Å²) in [5.74, 6) is -4.72. The van der Waals surface area contributed by atoms with Crippen molar-refractivity contribution in [3.63, 3.8) is 0 Å². The molecule has 17 heavy (non-hydrogen) atoms. The molecule has 0 atom stereocenters. The van der Waals surface area contributed by atoms with E-state index in [1.54, 1.807) is 0 Å². The number of halogens is 4. The Labute approximate surface area is 104 Å². The zero-order chi connectivity index (χ0) is 13.3. The van der Waals surface area contributed by atoms with E-state index in [9.17, 15) is 23.3 Å². The second-order valence-electron chi connectivity index (χ2n) is 2.95. The van der Waals surface area contributed by atoms with E-state index in [0.717, 1.165) is 6.92 Å². The second-order valence-corrected chi connectivity index (χ2v) is 3.96. The molecule has 0 radical (unpaired) electrons. The van der Waals surface area contributed by atoms with Crippen molar-refractivity contribution in [2.75, 3.05) is 5.32 Å². The van der Waals surface area contributed by atoms with E-state index in [1.165, 1.54) is 0 Å². The largest absolute Gasteiger partial charge is 0.334 e. The van der Waals surface area contributed by atoms with Gasteiger partial charge in [0.1, 0.15) is 0 Å². The molecule has 0 amide bonds. The molecular formula is C8H4ClF3N2O2S. The Balaban J connectivity index is 3.65. The number of hydrogen-bond acceptors (Lipinski definition) is 3. The summed E-state index contributed by atoms with van der Waals surface area (Å²) in [7, 11) is 0. The first-order chi connectivity index (χ1) is 7.77. The topological polar surface area (TPSA) is 55.2 Å². The Morgan fingerprint density at radius 2 is 1.88 bits per heavy atom. The first-order valence-corrected chi connectivity index (χ1v) is 4.84. The van der Waals surface area contributed by atoms with Crippen LogP contribution in [0.15, 0.2) is 0 Å². The number of nitro benzene ring substituents is 1. The van der Waals surface area contributed by atoms with Crippen molar-refractivity contribution in [3.05, 3.63) is 33.1 Å². The Bertz CT molecular complexity index is 524. The number of nitro groups is 1. The fraction of sp³-hybridized carbons (Fsp3) is 0.125. The molecule has 0 heterocycles. The number of rotatable bonds is 2. The van der Waals surface area contributed by atoms with Crippen LogP contribution in [-0.4, -0.2) is 9.37 Å². The van der Waals surface area contributed by atoms with Gasteiger partial charge in [0.2, 0.25) is 5.82 Å². The lowest BCUT2D eigenvalue weighted by Crippen LogP contribution is -2.11. The van der Waals surface area contributed by atoms with Crippen LogP contribution in [0.5, 0.6) is 0 Å². The molecule has 0 aliphatic carbocycles. The van der Waals surface area contributed by atoms with Crippen LogP contribution in [0.3, 0.4) is 0 Å². The van der Waals surface area contributed by atoms with Crippen LogP contribution in [0, 0.1) is 34.5 Å². The van der Waals surface area contributed by atoms with Gasteiger partial charge in [0.05, 0.1) is 4.92 Å². The maximum atomic E-state index is 13.5. The third-order valence-corrected chi connectivity index (χ3v) is 2.12. The zero-order valence-corrected chi connectivity index (χ0v) is 9.76. The molecule has 0 unspecified atom stereocenters. The number of benzene rings is 1. The molecule has 1 aromatic carbocycles. The predicted molar refractivity (Wildman–Crippen MR) is 59.8 cm³/mol. The summed E-state index contributed by atoms with van der Waals surface area (Å²) in [4.78, 5) is 9.28. The molecule has 0 spiro atoms. The fourth-order valence-corrected chi connectivity index (χ4v) is 1.35. The highest BCUT2D eigenvalue weighted by Gasteiger charge is 2.31. The molecule has 0 fully saturated rings. The maximum absolute atomic E-state index is 13.5. The molecule has 9 heteroatoms. The summed E-state index contributed by atoms with van der Waals surface area (Å²) in [6.07, 6.45) is 0. The van der Waals surface area contributed by atoms with Crippen molar-refractivity contribution < 1.29 is 18.1 Å². The van der Waals surface area contributed by atoms with Gasteiger partial charge in [-0.1, -0.05) is 11.6 Å². The molecular weight excluding hydrogens is 281 g/mol. The molecule has 0 saturated heterocycles. The zero-order valence-electron chi connectivity index (χ0n) is 8.18. The van der Waals surface area contributed by atoms with Gasteiger partial charge >= 0.3 is 5.69 Å². The molecule has 0 aromatic heterocycles. The van der Waals surface area contributed by atoms with Gasteiger partial charge in [-0.05, 0) is 19.1 Å². The predicted octanol–water partition coefficient (Wildman–Crippen LogP) is 3.26. The van der Waals surface area contributed by atoms with Gasteiger partial charge in [-0.15, -0.1) is 0 Å². The van der Waals surface area contributed by atoms with E-state index in [0.29, 0.717) is 0 Å². The smallest absolute Gasteiger partial charge is 0.329 e. The minimum atomic E-state index is -1.77. The average molecular weight is 285 g/mol. The SMILES string of the molecule is Cc1c(F)c(F)c([N+](=O)[O-])c(NC(=S)Cl)c1F. The number of thiocarbonyl (C=S) groups is 1. The molecule has 0 aliphatic heterocycles. The van der Waals surface area contributed by atoms with Gasteiger partial charge in [-0.3, -0.25) is 10.1 Å². The van der Waals surface area contributed by atoms with Gasteiger partial charge in [0, 0.05) is 5.56 Å². The van der Waals surface area contributed by atoms with Crippen molar-refractivity contribution in [1.29, 1.82) is 0 Å². The van der Waals surface area contributed by atoms with Crippen molar-refractivity contribution in [3.8, 4) is 0 Å². The minimum Gasteiger partial charge on any atom is -0.329 e. The van der Waals surface area contributed by atoms with Gasteiger partial charge in [-0.25, -0.2) is 8.78 Å². The van der Waals surface area contributed by atoms with Crippen LogP contribution in [0.2, 0.25) is 0 Å². The molecule has 1 rings (SSSR count). The summed E-state index contributed by atoms with van der Waals surface area (Å²) >= 11 is 9.57. The Morgan fingerprint density at radius 3 is 2.29 bits per heavy atom. The molecule has 0 bridgehead atoms. The third kappa shape index (κ3) is 2.47. The number of hydrogen-bond donors (Lipinski definition) is 1. The molecule has 1 N–H and O–H groups in total. The quantitative estimate of drug-likeness (QED) is 0.226. The van der Waals surface area contributed by atoms with E-state index in [1.807, 2.05) is 5.32 Å². The standard InChI is InChI=1S/C8H4ClF3N2O2S/c1-2-3(10)5(12)7(14(15)16)6(4(2)11)13-8(9)17/h1H3,(H,13,17). The number of nitrogens with one attached hydrogen (secondary N) is 1. The lowest BCUT2D eigenvalue weighted by molar-refractivity contribution is -0.387. The monoisotopic (exact) mass is 284 g/mol. The van der Waals surface area contributed by atoms with E-state index < -0.39 is 43.8 Å². The fourth-order valence-electron chi connectivity index (χ4n) is 1.15. The normalized spacial score (nSPS) is 10.2. The Morgan fingerprint density at radius 1 is 1.35 bits per heavy atom. The lowest BCUT2D eigenvalue weighted by atomic mass is 10.1. The molecule has 0 saturated carbocycles. The number of anilines is 1. The maximum Gasteiger partial charge on any atom is 0.334 e. The first-order valence-electron chi connectivity index (χ1n) is 4.05. The molecule has 1 aromatic rings.